The molecule has 0 rings (SSSR count). The van der Waals surface area contributed by atoms with E-state index in [0.717, 1.165) is 0 Å². The van der Waals surface area contributed by atoms with Gasteiger partial charge < -0.3 is 9.84 Å². The van der Waals surface area contributed by atoms with Crippen LogP contribution >= 0.6 is 0 Å². The molecule has 0 aromatic carbocycles. The van der Waals surface area contributed by atoms with Crippen LogP contribution in [0.2, 0.25) is 0 Å². The molecule has 0 saturated heterocycles. The van der Waals surface area contributed by atoms with Gasteiger partial charge in [-0.05, 0) is 17.8 Å². The zero-order chi connectivity index (χ0) is 19.6. The third-order valence-corrected chi connectivity index (χ3v) is 4.71. The minimum absolute atomic E-state index is 0.290. The van der Waals surface area contributed by atoms with E-state index in [-0.39, 0.29) is 5.92 Å². The Morgan fingerprint density at radius 2 is 1.29 bits per heavy atom. The lowest BCUT2D eigenvalue weighted by Crippen LogP contribution is -2.50. The molecule has 0 aromatic heterocycles. The Morgan fingerprint density at radius 3 is 1.58 bits per heavy atom. The first-order valence-corrected chi connectivity index (χ1v) is 7.86. The lowest BCUT2D eigenvalue weighted by Gasteiger charge is -2.46. The number of ether oxygens (including phenoxy) is 1. The zero-order valence-corrected chi connectivity index (χ0v) is 15.0. The molecule has 146 valence electrons. The topological polar surface area (TPSA) is 29.5 Å². The second kappa shape index (κ2) is 7.81. The molecule has 0 spiro atoms. The van der Waals surface area contributed by atoms with Crippen molar-refractivity contribution in [2.24, 2.45) is 16.7 Å². The van der Waals surface area contributed by atoms with E-state index in [1.165, 1.54) is 0 Å². The van der Waals surface area contributed by atoms with Gasteiger partial charge in [-0.25, -0.2) is 0 Å². The first-order chi connectivity index (χ1) is 10.4. The number of halogens is 6. The first kappa shape index (κ1) is 23.5. The van der Waals surface area contributed by atoms with E-state index in [1.54, 1.807) is 27.7 Å². The van der Waals surface area contributed by atoms with E-state index in [9.17, 15) is 31.4 Å². The van der Waals surface area contributed by atoms with Gasteiger partial charge in [-0.3, -0.25) is 0 Å². The highest BCUT2D eigenvalue weighted by Gasteiger charge is 2.58. The molecular weight excluding hydrogens is 338 g/mol. The second-order valence-corrected chi connectivity index (χ2v) is 7.91. The zero-order valence-electron chi connectivity index (χ0n) is 15.0. The second-order valence-electron chi connectivity index (χ2n) is 7.91. The number of aliphatic hydroxyl groups is 1. The Balaban J connectivity index is 5.23. The molecule has 0 radical (unpaired) electrons. The largest absolute Gasteiger partial charge is 0.423 e. The van der Waals surface area contributed by atoms with Gasteiger partial charge in [0.15, 0.2) is 0 Å². The standard InChI is InChI=1S/C16H28F6O2/c1-10(2)7-8-14(6,13(3,4)5)11(23)9-24-12(15(17,18)19)16(20,21)22/h10-12,23H,7-9H2,1-6H3. The van der Waals surface area contributed by atoms with E-state index in [0.29, 0.717) is 12.8 Å². The van der Waals surface area contributed by atoms with Gasteiger partial charge in [0.1, 0.15) is 0 Å². The van der Waals surface area contributed by atoms with E-state index in [2.05, 4.69) is 4.74 Å². The van der Waals surface area contributed by atoms with E-state index in [4.69, 9.17) is 0 Å². The molecule has 1 N–H and O–H groups in total. The minimum atomic E-state index is -5.58. The van der Waals surface area contributed by atoms with Crippen LogP contribution in [0, 0.1) is 16.7 Å². The van der Waals surface area contributed by atoms with Crippen molar-refractivity contribution in [3.8, 4) is 0 Å². The average molecular weight is 366 g/mol. The third-order valence-electron chi connectivity index (χ3n) is 4.71. The maximum Gasteiger partial charge on any atom is 0.423 e. The Hall–Kier alpha value is -0.500. The molecule has 0 aromatic rings. The van der Waals surface area contributed by atoms with Crippen molar-refractivity contribution in [2.75, 3.05) is 6.61 Å². The maximum absolute atomic E-state index is 12.5. The van der Waals surface area contributed by atoms with Crippen LogP contribution in [-0.2, 0) is 4.74 Å². The number of rotatable bonds is 7. The predicted octanol–water partition coefficient (Wildman–Crippen LogP) is 5.35. The molecule has 2 atom stereocenters. The molecule has 0 heterocycles. The monoisotopic (exact) mass is 366 g/mol. The number of hydrogen-bond donors (Lipinski definition) is 1. The molecule has 0 amide bonds. The summed E-state index contributed by atoms with van der Waals surface area (Å²) >= 11 is 0. The van der Waals surface area contributed by atoms with Crippen molar-refractivity contribution in [3.05, 3.63) is 0 Å². The highest BCUT2D eigenvalue weighted by Crippen LogP contribution is 2.46. The summed E-state index contributed by atoms with van der Waals surface area (Å²) in [5, 5.41) is 10.3. The van der Waals surface area contributed by atoms with Gasteiger partial charge in [-0.2, -0.15) is 26.3 Å². The molecular formula is C16H28F6O2. The van der Waals surface area contributed by atoms with Gasteiger partial charge in [0.25, 0.3) is 0 Å². The summed E-state index contributed by atoms with van der Waals surface area (Å²) in [7, 11) is 0. The Morgan fingerprint density at radius 1 is 0.875 bits per heavy atom. The van der Waals surface area contributed by atoms with Gasteiger partial charge in [0.2, 0.25) is 6.10 Å². The van der Waals surface area contributed by atoms with Gasteiger partial charge in [0, 0.05) is 5.41 Å². The van der Waals surface area contributed by atoms with E-state index in [1.807, 2.05) is 13.8 Å². The summed E-state index contributed by atoms with van der Waals surface area (Å²) in [6, 6.07) is 0. The van der Waals surface area contributed by atoms with Crippen LogP contribution in [-0.4, -0.2) is 36.3 Å². The smallest absolute Gasteiger partial charge is 0.390 e. The molecule has 0 aliphatic carbocycles. The quantitative estimate of drug-likeness (QED) is 0.616. The lowest BCUT2D eigenvalue weighted by atomic mass is 9.62. The van der Waals surface area contributed by atoms with Crippen LogP contribution in [0.4, 0.5) is 26.3 Å². The number of hydrogen-bond acceptors (Lipinski definition) is 2. The van der Waals surface area contributed by atoms with Crippen LogP contribution in [0.5, 0.6) is 0 Å². The summed E-state index contributed by atoms with van der Waals surface area (Å²) < 4.78 is 79.2. The van der Waals surface area contributed by atoms with Crippen LogP contribution in [0.1, 0.15) is 54.4 Å². The predicted molar refractivity (Wildman–Crippen MR) is 79.5 cm³/mol. The highest BCUT2D eigenvalue weighted by molar-refractivity contribution is 4.93. The molecule has 0 aliphatic rings. The van der Waals surface area contributed by atoms with Crippen molar-refractivity contribution in [2.45, 2.75) is 78.9 Å². The number of aliphatic hydroxyl groups excluding tert-OH is 1. The Kier molecular flexibility index (Phi) is 7.64. The molecule has 24 heavy (non-hydrogen) atoms. The van der Waals surface area contributed by atoms with Gasteiger partial charge >= 0.3 is 12.4 Å². The fourth-order valence-electron chi connectivity index (χ4n) is 2.38. The summed E-state index contributed by atoms with van der Waals surface area (Å²) in [6.45, 7) is 9.92. The normalized spacial score (nSPS) is 18.1. The summed E-state index contributed by atoms with van der Waals surface area (Å²) in [6.07, 6.45) is -15.4. The SMILES string of the molecule is CC(C)CCC(C)(C(O)COC(C(F)(F)F)C(F)(F)F)C(C)(C)C. The molecule has 0 bridgehead atoms. The van der Waals surface area contributed by atoms with Crippen molar-refractivity contribution < 1.29 is 36.2 Å². The highest BCUT2D eigenvalue weighted by atomic mass is 19.4. The fourth-order valence-corrected chi connectivity index (χ4v) is 2.38. The van der Waals surface area contributed by atoms with Gasteiger partial charge in [-0.15, -0.1) is 0 Å². The Labute approximate surface area is 139 Å². The van der Waals surface area contributed by atoms with Crippen molar-refractivity contribution in [3.63, 3.8) is 0 Å². The van der Waals surface area contributed by atoms with Gasteiger partial charge in [-0.1, -0.05) is 48.0 Å². The Bertz CT molecular complexity index is 369. The lowest BCUT2D eigenvalue weighted by molar-refractivity contribution is -0.327. The van der Waals surface area contributed by atoms with Gasteiger partial charge in [0.05, 0.1) is 12.7 Å². The van der Waals surface area contributed by atoms with E-state index >= 15 is 0 Å². The maximum atomic E-state index is 12.5. The molecule has 0 fully saturated rings. The van der Waals surface area contributed by atoms with Crippen molar-refractivity contribution in [1.82, 2.24) is 0 Å². The minimum Gasteiger partial charge on any atom is -0.390 e. The summed E-state index contributed by atoms with van der Waals surface area (Å²) in [5.74, 6) is 0.290. The first-order valence-electron chi connectivity index (χ1n) is 7.86. The fraction of sp³-hybridized carbons (Fsp3) is 1.00. The van der Waals surface area contributed by atoms with Crippen LogP contribution < -0.4 is 0 Å². The van der Waals surface area contributed by atoms with Crippen molar-refractivity contribution >= 4 is 0 Å². The molecule has 2 nitrogen and oxygen atoms in total. The van der Waals surface area contributed by atoms with Crippen LogP contribution in [0.3, 0.4) is 0 Å². The van der Waals surface area contributed by atoms with Crippen LogP contribution in [0.15, 0.2) is 0 Å². The molecule has 2 unspecified atom stereocenters. The number of alkyl halides is 6. The third kappa shape index (κ3) is 6.43. The molecule has 0 saturated carbocycles. The van der Waals surface area contributed by atoms with Crippen LogP contribution in [0.25, 0.3) is 0 Å². The summed E-state index contributed by atoms with van der Waals surface area (Å²) in [5.41, 5.74) is -1.42. The average Bonchev–Trinajstić information content (AvgIpc) is 2.30. The van der Waals surface area contributed by atoms with Crippen molar-refractivity contribution in [1.29, 1.82) is 0 Å². The molecule has 0 aliphatic heterocycles. The molecule has 8 heteroatoms. The van der Waals surface area contributed by atoms with E-state index < -0.39 is 42.0 Å². The summed E-state index contributed by atoms with van der Waals surface area (Å²) in [4.78, 5) is 0.